The average molecular weight is 296 g/mol. The summed E-state index contributed by atoms with van der Waals surface area (Å²) < 4.78 is 0. The Kier molecular flexibility index (Phi) is 4.36. The monoisotopic (exact) mass is 296 g/mol. The maximum absolute atomic E-state index is 4.77. The predicted molar refractivity (Wildman–Crippen MR) is 88.9 cm³/mol. The quantitative estimate of drug-likeness (QED) is 0.913. The topological polar surface area (TPSA) is 50.7 Å². The fraction of sp³-hybridized carbons (Fsp3) is 0.500. The number of nitrogens with one attached hydrogen (secondary N) is 1. The highest BCUT2D eigenvalue weighted by atomic mass is 15.1. The van der Waals surface area contributed by atoms with Gasteiger partial charge in [0.25, 0.3) is 0 Å². The molecule has 0 spiro atoms. The van der Waals surface area contributed by atoms with Crippen LogP contribution in [0.2, 0.25) is 0 Å². The number of pyridine rings is 1. The lowest BCUT2D eigenvalue weighted by Crippen LogP contribution is -2.19. The second-order valence-corrected chi connectivity index (χ2v) is 5.91. The van der Waals surface area contributed by atoms with Crippen LogP contribution in [-0.4, -0.2) is 15.0 Å². The number of rotatable bonds is 5. The SMILES string of the molecule is CCc1cnc(CC)c(N[C@@H]2c3ncccc3C[C@@H]2CC)n1. The Morgan fingerprint density at radius 3 is 2.77 bits per heavy atom. The Balaban J connectivity index is 1.94. The van der Waals surface area contributed by atoms with E-state index < -0.39 is 0 Å². The van der Waals surface area contributed by atoms with E-state index in [1.54, 1.807) is 0 Å². The van der Waals surface area contributed by atoms with Crippen LogP contribution < -0.4 is 5.32 Å². The van der Waals surface area contributed by atoms with Gasteiger partial charge in [0.15, 0.2) is 0 Å². The third kappa shape index (κ3) is 2.70. The van der Waals surface area contributed by atoms with E-state index in [-0.39, 0.29) is 6.04 Å². The summed E-state index contributed by atoms with van der Waals surface area (Å²) in [6.45, 7) is 6.49. The first-order valence-corrected chi connectivity index (χ1v) is 8.31. The summed E-state index contributed by atoms with van der Waals surface area (Å²) in [5.74, 6) is 1.51. The van der Waals surface area contributed by atoms with Gasteiger partial charge in [0, 0.05) is 12.4 Å². The van der Waals surface area contributed by atoms with Crippen LogP contribution >= 0.6 is 0 Å². The van der Waals surface area contributed by atoms with Crippen molar-refractivity contribution in [2.75, 3.05) is 5.32 Å². The van der Waals surface area contributed by atoms with E-state index >= 15 is 0 Å². The lowest BCUT2D eigenvalue weighted by atomic mass is 9.99. The molecule has 116 valence electrons. The van der Waals surface area contributed by atoms with Crippen LogP contribution in [0, 0.1) is 5.92 Å². The molecule has 1 aliphatic rings. The zero-order valence-corrected chi connectivity index (χ0v) is 13.6. The van der Waals surface area contributed by atoms with Crippen LogP contribution in [0.1, 0.15) is 55.9 Å². The highest BCUT2D eigenvalue weighted by Crippen LogP contribution is 2.38. The van der Waals surface area contributed by atoms with Crippen molar-refractivity contribution in [1.29, 1.82) is 0 Å². The van der Waals surface area contributed by atoms with E-state index in [0.717, 1.165) is 42.9 Å². The molecule has 0 unspecified atom stereocenters. The standard InChI is InChI=1S/C18H24N4/c1-4-12-10-13-8-7-9-19-16(13)17(12)22-18-15(6-3)20-11-14(5-2)21-18/h7-9,11-12,17H,4-6,10H2,1-3H3,(H,21,22)/t12-,17-/m0/s1. The summed E-state index contributed by atoms with van der Waals surface area (Å²) in [6, 6.07) is 4.47. The minimum absolute atomic E-state index is 0.243. The molecule has 0 aliphatic heterocycles. The third-order valence-electron chi connectivity index (χ3n) is 4.59. The first kappa shape index (κ1) is 14.9. The second-order valence-electron chi connectivity index (χ2n) is 5.91. The van der Waals surface area contributed by atoms with Gasteiger partial charge in [0.05, 0.1) is 23.1 Å². The summed E-state index contributed by atoms with van der Waals surface area (Å²) in [6.07, 6.45) is 7.80. The molecule has 22 heavy (non-hydrogen) atoms. The molecule has 2 heterocycles. The van der Waals surface area contributed by atoms with Gasteiger partial charge in [-0.15, -0.1) is 0 Å². The Labute approximate surface area is 132 Å². The molecule has 2 aromatic heterocycles. The number of nitrogens with zero attached hydrogens (tertiary/aromatic N) is 3. The number of hydrogen-bond acceptors (Lipinski definition) is 4. The zero-order chi connectivity index (χ0) is 15.5. The van der Waals surface area contributed by atoms with Crippen molar-refractivity contribution in [3.05, 3.63) is 47.2 Å². The van der Waals surface area contributed by atoms with E-state index in [4.69, 9.17) is 4.98 Å². The Morgan fingerprint density at radius 1 is 1.18 bits per heavy atom. The largest absolute Gasteiger partial charge is 0.360 e. The van der Waals surface area contributed by atoms with E-state index in [1.807, 2.05) is 18.5 Å². The van der Waals surface area contributed by atoms with Gasteiger partial charge in [-0.05, 0) is 36.8 Å². The molecule has 0 amide bonds. The fourth-order valence-corrected chi connectivity index (χ4v) is 3.24. The van der Waals surface area contributed by atoms with Crippen molar-refractivity contribution >= 4 is 5.82 Å². The van der Waals surface area contributed by atoms with E-state index in [1.165, 1.54) is 11.3 Å². The van der Waals surface area contributed by atoms with Crippen LogP contribution in [0.25, 0.3) is 0 Å². The normalized spacial score (nSPS) is 20.0. The molecule has 0 saturated carbocycles. The Hall–Kier alpha value is -1.97. The zero-order valence-electron chi connectivity index (χ0n) is 13.6. The predicted octanol–water partition coefficient (Wildman–Crippen LogP) is 3.73. The molecule has 2 atom stereocenters. The van der Waals surface area contributed by atoms with Crippen molar-refractivity contribution < 1.29 is 0 Å². The minimum Gasteiger partial charge on any atom is -0.360 e. The lowest BCUT2D eigenvalue weighted by molar-refractivity contribution is 0.470. The van der Waals surface area contributed by atoms with Gasteiger partial charge >= 0.3 is 0 Å². The highest BCUT2D eigenvalue weighted by molar-refractivity contribution is 5.45. The third-order valence-corrected chi connectivity index (χ3v) is 4.59. The summed E-state index contributed by atoms with van der Waals surface area (Å²) in [5.41, 5.74) is 4.62. The smallest absolute Gasteiger partial charge is 0.148 e. The number of aromatic nitrogens is 3. The Morgan fingerprint density at radius 2 is 2.05 bits per heavy atom. The molecule has 1 aliphatic carbocycles. The molecule has 4 nitrogen and oxygen atoms in total. The van der Waals surface area contributed by atoms with Crippen molar-refractivity contribution in [2.24, 2.45) is 5.92 Å². The summed E-state index contributed by atoms with van der Waals surface area (Å²) >= 11 is 0. The van der Waals surface area contributed by atoms with Crippen LogP contribution in [0.15, 0.2) is 24.5 Å². The van der Waals surface area contributed by atoms with E-state index in [0.29, 0.717) is 5.92 Å². The van der Waals surface area contributed by atoms with Gasteiger partial charge in [0.2, 0.25) is 0 Å². The van der Waals surface area contributed by atoms with Crippen molar-refractivity contribution in [3.8, 4) is 0 Å². The van der Waals surface area contributed by atoms with Gasteiger partial charge in [-0.1, -0.05) is 33.3 Å². The summed E-state index contributed by atoms with van der Waals surface area (Å²) in [4.78, 5) is 14.0. The molecule has 0 radical (unpaired) electrons. The van der Waals surface area contributed by atoms with E-state index in [2.05, 4.69) is 42.1 Å². The number of anilines is 1. The minimum atomic E-state index is 0.243. The summed E-state index contributed by atoms with van der Waals surface area (Å²) in [5, 5.41) is 3.66. The second kappa shape index (κ2) is 6.42. The lowest BCUT2D eigenvalue weighted by Gasteiger charge is -2.22. The molecule has 0 fully saturated rings. The molecule has 0 aromatic carbocycles. The van der Waals surface area contributed by atoms with Gasteiger partial charge in [-0.3, -0.25) is 9.97 Å². The number of fused-ring (bicyclic) bond motifs is 1. The first-order chi connectivity index (χ1) is 10.8. The van der Waals surface area contributed by atoms with Crippen LogP contribution in [0.4, 0.5) is 5.82 Å². The maximum atomic E-state index is 4.77. The first-order valence-electron chi connectivity index (χ1n) is 8.31. The van der Waals surface area contributed by atoms with Gasteiger partial charge in [-0.25, -0.2) is 4.98 Å². The molecule has 3 rings (SSSR count). The van der Waals surface area contributed by atoms with Gasteiger partial charge in [-0.2, -0.15) is 0 Å². The molecule has 2 aromatic rings. The van der Waals surface area contributed by atoms with Crippen molar-refractivity contribution in [2.45, 2.75) is 52.5 Å². The van der Waals surface area contributed by atoms with Gasteiger partial charge < -0.3 is 5.32 Å². The van der Waals surface area contributed by atoms with E-state index in [9.17, 15) is 0 Å². The highest BCUT2D eigenvalue weighted by Gasteiger charge is 2.33. The number of aryl methyl sites for hydroxylation is 2. The van der Waals surface area contributed by atoms with Crippen LogP contribution in [0.5, 0.6) is 0 Å². The van der Waals surface area contributed by atoms with Crippen LogP contribution in [0.3, 0.4) is 0 Å². The molecule has 1 N–H and O–H groups in total. The fourth-order valence-electron chi connectivity index (χ4n) is 3.24. The molecular weight excluding hydrogens is 272 g/mol. The summed E-state index contributed by atoms with van der Waals surface area (Å²) in [7, 11) is 0. The van der Waals surface area contributed by atoms with Crippen molar-refractivity contribution in [3.63, 3.8) is 0 Å². The molecular formula is C18H24N4. The van der Waals surface area contributed by atoms with Crippen LogP contribution in [-0.2, 0) is 19.3 Å². The number of hydrogen-bond donors (Lipinski definition) is 1. The molecule has 0 saturated heterocycles. The van der Waals surface area contributed by atoms with Gasteiger partial charge in [0.1, 0.15) is 5.82 Å². The molecule has 0 bridgehead atoms. The Bertz CT molecular complexity index is 653. The van der Waals surface area contributed by atoms with Crippen molar-refractivity contribution in [1.82, 2.24) is 15.0 Å². The average Bonchev–Trinajstić information content (AvgIpc) is 2.92. The maximum Gasteiger partial charge on any atom is 0.148 e. The molecule has 4 heteroatoms.